The summed E-state index contributed by atoms with van der Waals surface area (Å²) < 4.78 is 5.80. The third kappa shape index (κ3) is 17.5. The van der Waals surface area contributed by atoms with E-state index in [1.807, 2.05) is 7.05 Å². The van der Waals surface area contributed by atoms with Crippen LogP contribution in [0.1, 0.15) is 64.2 Å². The Bertz CT molecular complexity index is 530. The van der Waals surface area contributed by atoms with E-state index in [0.29, 0.717) is 0 Å². The summed E-state index contributed by atoms with van der Waals surface area (Å²) in [5, 5.41) is 25.9. The van der Waals surface area contributed by atoms with Gasteiger partial charge in [0.05, 0.1) is 19.8 Å². The number of aliphatic hydroxyl groups is 3. The summed E-state index contributed by atoms with van der Waals surface area (Å²) in [4.78, 5) is 5.09. The normalized spacial score (nSPS) is 20.0. The van der Waals surface area contributed by atoms with Crippen LogP contribution in [0, 0.1) is 24.7 Å². The molecular formula is C27H49NO5. The third-order valence-corrected chi connectivity index (χ3v) is 5.82. The topological polar surface area (TPSA) is 82.4 Å². The molecule has 0 spiro atoms. The van der Waals surface area contributed by atoms with Crippen molar-refractivity contribution in [1.82, 2.24) is 5.06 Å². The first-order chi connectivity index (χ1) is 16.2. The van der Waals surface area contributed by atoms with Crippen LogP contribution in [0.3, 0.4) is 0 Å². The van der Waals surface area contributed by atoms with Crippen LogP contribution in [0.5, 0.6) is 0 Å². The maximum absolute atomic E-state index is 10.1. The van der Waals surface area contributed by atoms with E-state index in [0.717, 1.165) is 83.5 Å². The molecule has 0 amide bonds. The van der Waals surface area contributed by atoms with Gasteiger partial charge in [0.2, 0.25) is 0 Å². The Morgan fingerprint density at radius 3 is 2.52 bits per heavy atom. The molecule has 3 atom stereocenters. The van der Waals surface area contributed by atoms with Gasteiger partial charge in [-0.15, -0.1) is 12.8 Å². The number of ether oxygens (including phenoxy) is 1. The van der Waals surface area contributed by atoms with Crippen LogP contribution in [0.2, 0.25) is 0 Å². The average molecular weight is 468 g/mol. The number of rotatable bonds is 13. The molecule has 1 saturated carbocycles. The molecule has 192 valence electrons. The highest BCUT2D eigenvalue weighted by atomic mass is 16.7. The van der Waals surface area contributed by atoms with Gasteiger partial charge in [0.15, 0.2) is 0 Å². The van der Waals surface area contributed by atoms with E-state index in [-0.39, 0.29) is 6.10 Å². The van der Waals surface area contributed by atoms with Crippen molar-refractivity contribution in [1.29, 1.82) is 0 Å². The van der Waals surface area contributed by atoms with Crippen molar-refractivity contribution in [3.63, 3.8) is 0 Å². The second-order valence-electron chi connectivity index (χ2n) is 7.91. The van der Waals surface area contributed by atoms with Gasteiger partial charge in [0.25, 0.3) is 0 Å². The molecule has 0 radical (unpaired) electrons. The van der Waals surface area contributed by atoms with Crippen LogP contribution in [0.15, 0.2) is 36.1 Å². The molecule has 0 saturated heterocycles. The summed E-state index contributed by atoms with van der Waals surface area (Å²) >= 11 is 0. The highest BCUT2D eigenvalue weighted by Gasteiger charge is 2.24. The van der Waals surface area contributed by atoms with Gasteiger partial charge < -0.3 is 24.9 Å². The summed E-state index contributed by atoms with van der Waals surface area (Å²) in [6.45, 7) is 1.55. The van der Waals surface area contributed by atoms with E-state index < -0.39 is 0 Å². The van der Waals surface area contributed by atoms with Crippen LogP contribution >= 0.6 is 0 Å². The first-order valence-electron chi connectivity index (χ1n) is 12.0. The standard InChI is InChI=1S/C23H39NO3.C2H2.2CH4O/c1-24(26-2)18-17-22(25)14-9-13-21-12-8-11-20(21)10-6-7-19-27-23-15-4-3-5-16-23;3*1-2/h4,6,10,15-16,20-22,25H,3,5,7-9,11-14,17-19H2,1-2H3;1-2H;2*2H,1H3/b10-6+;;;/t20-,21+,22-;;;/m0.../s1. The summed E-state index contributed by atoms with van der Waals surface area (Å²) in [7, 11) is 5.56. The van der Waals surface area contributed by atoms with E-state index >= 15 is 0 Å². The molecule has 2 aliphatic carbocycles. The van der Waals surface area contributed by atoms with Gasteiger partial charge in [-0.3, -0.25) is 0 Å². The molecule has 33 heavy (non-hydrogen) atoms. The maximum atomic E-state index is 10.1. The van der Waals surface area contributed by atoms with Crippen molar-refractivity contribution in [2.24, 2.45) is 11.8 Å². The van der Waals surface area contributed by atoms with Crippen molar-refractivity contribution < 1.29 is 24.9 Å². The number of aliphatic hydroxyl groups excluding tert-OH is 3. The molecule has 1 fully saturated rings. The molecule has 6 heteroatoms. The molecule has 3 N–H and O–H groups in total. The second kappa shape index (κ2) is 25.0. The highest BCUT2D eigenvalue weighted by Crippen LogP contribution is 2.36. The van der Waals surface area contributed by atoms with Crippen LogP contribution in [0.4, 0.5) is 0 Å². The van der Waals surface area contributed by atoms with E-state index in [1.165, 1.54) is 25.7 Å². The monoisotopic (exact) mass is 467 g/mol. The lowest BCUT2D eigenvalue weighted by Crippen LogP contribution is -2.22. The zero-order valence-corrected chi connectivity index (χ0v) is 21.4. The van der Waals surface area contributed by atoms with Gasteiger partial charge in [0.1, 0.15) is 5.76 Å². The lowest BCUT2D eigenvalue weighted by atomic mass is 9.90. The van der Waals surface area contributed by atoms with Gasteiger partial charge in [-0.05, 0) is 75.4 Å². The smallest absolute Gasteiger partial charge is 0.115 e. The number of hydrogen-bond donors (Lipinski definition) is 3. The van der Waals surface area contributed by atoms with Crippen LogP contribution in [-0.2, 0) is 9.57 Å². The Balaban J connectivity index is 0. The summed E-state index contributed by atoms with van der Waals surface area (Å²) in [5.41, 5.74) is 0. The number of allylic oxidation sites excluding steroid dienone is 4. The average Bonchev–Trinajstić information content (AvgIpc) is 3.33. The molecule has 0 aliphatic heterocycles. The molecule has 0 aromatic rings. The lowest BCUT2D eigenvalue weighted by molar-refractivity contribution is -0.114. The molecule has 0 heterocycles. The van der Waals surface area contributed by atoms with Gasteiger partial charge in [-0.2, -0.15) is 5.06 Å². The fourth-order valence-electron chi connectivity index (χ4n) is 4.07. The van der Waals surface area contributed by atoms with E-state index in [9.17, 15) is 5.11 Å². The first kappa shape index (κ1) is 33.6. The molecule has 0 aromatic heterocycles. The molecule has 0 aromatic carbocycles. The minimum absolute atomic E-state index is 0.210. The lowest BCUT2D eigenvalue weighted by Gasteiger charge is -2.19. The predicted molar refractivity (Wildman–Crippen MR) is 137 cm³/mol. The highest BCUT2D eigenvalue weighted by molar-refractivity contribution is 5.15. The maximum Gasteiger partial charge on any atom is 0.115 e. The van der Waals surface area contributed by atoms with Crippen LogP contribution in [0.25, 0.3) is 0 Å². The molecule has 0 bridgehead atoms. The number of terminal acetylenes is 1. The summed E-state index contributed by atoms with van der Waals surface area (Å²) in [6.07, 6.45) is 30.2. The number of nitrogens with zero attached hydrogens (tertiary/aromatic N) is 1. The fourth-order valence-corrected chi connectivity index (χ4v) is 4.07. The zero-order valence-electron chi connectivity index (χ0n) is 21.4. The Kier molecular flexibility index (Phi) is 25.4. The number of hydrogen-bond acceptors (Lipinski definition) is 6. The van der Waals surface area contributed by atoms with E-state index in [1.54, 1.807) is 12.2 Å². The molecule has 2 aliphatic rings. The van der Waals surface area contributed by atoms with Crippen molar-refractivity contribution in [2.45, 2.75) is 70.3 Å². The van der Waals surface area contributed by atoms with Gasteiger partial charge in [-0.25, -0.2) is 0 Å². The van der Waals surface area contributed by atoms with Crippen LogP contribution < -0.4 is 0 Å². The van der Waals surface area contributed by atoms with Gasteiger partial charge in [-0.1, -0.05) is 31.1 Å². The Labute approximate surface area is 202 Å². The van der Waals surface area contributed by atoms with E-state index in [2.05, 4.69) is 43.2 Å². The summed E-state index contributed by atoms with van der Waals surface area (Å²) in [6, 6.07) is 0. The predicted octanol–water partition coefficient (Wildman–Crippen LogP) is 4.48. The first-order valence-corrected chi connectivity index (χ1v) is 12.0. The van der Waals surface area contributed by atoms with Gasteiger partial charge >= 0.3 is 0 Å². The Hall–Kier alpha value is -1.62. The third-order valence-electron chi connectivity index (χ3n) is 5.82. The number of hydroxylamine groups is 2. The Morgan fingerprint density at radius 1 is 1.15 bits per heavy atom. The zero-order chi connectivity index (χ0) is 25.3. The largest absolute Gasteiger partial charge is 0.494 e. The quantitative estimate of drug-likeness (QED) is 0.160. The van der Waals surface area contributed by atoms with Crippen LogP contribution in [-0.4, -0.2) is 68.0 Å². The minimum Gasteiger partial charge on any atom is -0.494 e. The van der Waals surface area contributed by atoms with Crippen molar-refractivity contribution in [3.05, 3.63) is 36.1 Å². The SMILES string of the molecule is C#C.CO.CO.CON(C)CC[C@@H](O)CCC[C@H]1CCC[C@@H]1/C=C/CCOC1=CCCC=C1. The molecule has 0 unspecified atom stereocenters. The van der Waals surface area contributed by atoms with E-state index in [4.69, 9.17) is 19.8 Å². The Morgan fingerprint density at radius 2 is 1.88 bits per heavy atom. The molecule has 6 nitrogen and oxygen atoms in total. The van der Waals surface area contributed by atoms with Crippen molar-refractivity contribution in [3.8, 4) is 12.8 Å². The molecular weight excluding hydrogens is 418 g/mol. The minimum atomic E-state index is -0.210. The fraction of sp³-hybridized carbons (Fsp3) is 0.704. The van der Waals surface area contributed by atoms with Gasteiger partial charge in [0, 0.05) is 27.8 Å². The molecule has 2 rings (SSSR count). The van der Waals surface area contributed by atoms with Crippen molar-refractivity contribution in [2.75, 3.05) is 41.5 Å². The summed E-state index contributed by atoms with van der Waals surface area (Å²) in [5.74, 6) is 2.54. The second-order valence-corrected chi connectivity index (χ2v) is 7.91. The van der Waals surface area contributed by atoms with Crippen molar-refractivity contribution >= 4 is 0 Å².